The monoisotopic (exact) mass is 372 g/mol. The lowest BCUT2D eigenvalue weighted by Gasteiger charge is -2.14. The van der Waals surface area contributed by atoms with Crippen LogP contribution in [0.2, 0.25) is 10.2 Å². The van der Waals surface area contributed by atoms with Crippen molar-refractivity contribution >= 4 is 34.6 Å². The third-order valence-corrected chi connectivity index (χ3v) is 4.38. The second-order valence-electron chi connectivity index (χ2n) is 5.42. The van der Waals surface area contributed by atoms with Crippen molar-refractivity contribution in [3.05, 3.63) is 86.8 Å². The Hall–Kier alpha value is -2.50. The van der Waals surface area contributed by atoms with Gasteiger partial charge in [-0.05, 0) is 30.7 Å². The van der Waals surface area contributed by atoms with Crippen LogP contribution in [-0.2, 0) is 0 Å². The Kier molecular flexibility index (Phi) is 5.26. The molecule has 1 aromatic heterocycles. The minimum absolute atomic E-state index is 0.130. The molecule has 0 aliphatic heterocycles. The van der Waals surface area contributed by atoms with E-state index in [-0.39, 0.29) is 10.8 Å². The Balaban J connectivity index is 1.93. The molecule has 1 atom stereocenters. The van der Waals surface area contributed by atoms with E-state index >= 15 is 0 Å². The first-order valence-corrected chi connectivity index (χ1v) is 8.26. The number of aromatic nitrogens is 2. The third-order valence-electron chi connectivity index (χ3n) is 3.76. The molecule has 126 valence electrons. The standard InChI is InChI=1S/C18H14Cl2N4O/c1-11-4-2-3-5-15(11)23-12-6-7-13(14(19)10-12)16(24-25)17-18(20)22-9-8-21-17/h2-10,16,23H,1H3. The van der Waals surface area contributed by atoms with E-state index in [4.69, 9.17) is 23.2 Å². The van der Waals surface area contributed by atoms with E-state index in [2.05, 4.69) is 20.5 Å². The molecule has 1 unspecified atom stereocenters. The molecule has 0 amide bonds. The number of nitrogens with one attached hydrogen (secondary N) is 1. The Morgan fingerprint density at radius 3 is 2.52 bits per heavy atom. The molecule has 3 aromatic rings. The van der Waals surface area contributed by atoms with Crippen LogP contribution in [-0.4, -0.2) is 9.97 Å². The predicted octanol–water partition coefficient (Wildman–Crippen LogP) is 5.69. The van der Waals surface area contributed by atoms with Crippen LogP contribution in [0.3, 0.4) is 0 Å². The van der Waals surface area contributed by atoms with Crippen molar-refractivity contribution in [1.82, 2.24) is 9.97 Å². The summed E-state index contributed by atoms with van der Waals surface area (Å²) in [4.78, 5) is 19.4. The minimum Gasteiger partial charge on any atom is -0.355 e. The lowest BCUT2D eigenvalue weighted by atomic mass is 10.0. The molecule has 7 heteroatoms. The summed E-state index contributed by atoms with van der Waals surface area (Å²) in [7, 11) is 0. The fourth-order valence-corrected chi connectivity index (χ4v) is 2.96. The molecule has 2 aromatic carbocycles. The summed E-state index contributed by atoms with van der Waals surface area (Å²) in [5, 5.41) is 6.96. The van der Waals surface area contributed by atoms with Crippen molar-refractivity contribution in [2.75, 3.05) is 5.32 Å². The van der Waals surface area contributed by atoms with E-state index in [1.165, 1.54) is 12.4 Å². The fourth-order valence-electron chi connectivity index (χ4n) is 2.46. The summed E-state index contributed by atoms with van der Waals surface area (Å²) in [6.07, 6.45) is 2.91. The maximum Gasteiger partial charge on any atom is 0.163 e. The molecule has 3 rings (SSSR count). The number of rotatable bonds is 5. The number of hydrogen-bond acceptors (Lipinski definition) is 5. The fraction of sp³-hybridized carbons (Fsp3) is 0.111. The molecular weight excluding hydrogens is 359 g/mol. The van der Waals surface area contributed by atoms with Crippen LogP contribution in [0.15, 0.2) is 60.0 Å². The number of hydrogen-bond donors (Lipinski definition) is 1. The zero-order chi connectivity index (χ0) is 17.8. The molecule has 0 radical (unpaired) electrons. The molecule has 1 N–H and O–H groups in total. The van der Waals surface area contributed by atoms with Crippen molar-refractivity contribution in [1.29, 1.82) is 0 Å². The highest BCUT2D eigenvalue weighted by atomic mass is 35.5. The zero-order valence-corrected chi connectivity index (χ0v) is 14.8. The van der Waals surface area contributed by atoms with Crippen molar-refractivity contribution in [3.8, 4) is 0 Å². The van der Waals surface area contributed by atoms with Gasteiger partial charge in [0, 0.05) is 34.4 Å². The molecule has 0 bridgehead atoms. The summed E-state index contributed by atoms with van der Waals surface area (Å²) < 4.78 is 0. The van der Waals surface area contributed by atoms with Crippen molar-refractivity contribution in [3.63, 3.8) is 0 Å². The largest absolute Gasteiger partial charge is 0.355 e. The number of benzene rings is 2. The average molecular weight is 373 g/mol. The Labute approximate surface area is 155 Å². The van der Waals surface area contributed by atoms with Crippen LogP contribution in [0.1, 0.15) is 22.9 Å². The summed E-state index contributed by atoms with van der Waals surface area (Å²) in [6, 6.07) is 12.3. The molecule has 25 heavy (non-hydrogen) atoms. The number of aryl methyl sites for hydroxylation is 1. The quantitative estimate of drug-likeness (QED) is 0.584. The van der Waals surface area contributed by atoms with Crippen molar-refractivity contribution in [2.24, 2.45) is 5.18 Å². The average Bonchev–Trinajstić information content (AvgIpc) is 2.61. The lowest BCUT2D eigenvalue weighted by Crippen LogP contribution is -2.03. The van der Waals surface area contributed by atoms with E-state index in [0.29, 0.717) is 10.6 Å². The Bertz CT molecular complexity index is 917. The van der Waals surface area contributed by atoms with Gasteiger partial charge in [0.1, 0.15) is 5.69 Å². The second-order valence-corrected chi connectivity index (χ2v) is 6.18. The van der Waals surface area contributed by atoms with Gasteiger partial charge in [-0.3, -0.25) is 4.98 Å². The second kappa shape index (κ2) is 7.59. The SMILES string of the molecule is Cc1ccccc1Nc1ccc(C(N=O)c2nccnc2Cl)c(Cl)c1. The van der Waals surface area contributed by atoms with Crippen LogP contribution >= 0.6 is 23.2 Å². The lowest BCUT2D eigenvalue weighted by molar-refractivity contribution is 0.813. The van der Waals surface area contributed by atoms with Gasteiger partial charge in [0.25, 0.3) is 0 Å². The zero-order valence-electron chi connectivity index (χ0n) is 13.3. The molecule has 0 fully saturated rings. The van der Waals surface area contributed by atoms with Crippen molar-refractivity contribution in [2.45, 2.75) is 13.0 Å². The number of nitroso groups, excluding NO2 is 1. The summed E-state index contributed by atoms with van der Waals surface area (Å²) in [6.45, 7) is 2.01. The number of nitrogens with zero attached hydrogens (tertiary/aromatic N) is 3. The van der Waals surface area contributed by atoms with Crippen molar-refractivity contribution < 1.29 is 0 Å². The topological polar surface area (TPSA) is 67.2 Å². The highest BCUT2D eigenvalue weighted by molar-refractivity contribution is 6.32. The van der Waals surface area contributed by atoms with E-state index in [1.54, 1.807) is 12.1 Å². The first-order valence-electron chi connectivity index (χ1n) is 7.51. The molecule has 0 spiro atoms. The Morgan fingerprint density at radius 1 is 1.08 bits per heavy atom. The maximum atomic E-state index is 11.4. The smallest absolute Gasteiger partial charge is 0.163 e. The molecular formula is C18H14Cl2N4O. The first kappa shape index (κ1) is 17.3. The van der Waals surface area contributed by atoms with Gasteiger partial charge < -0.3 is 5.32 Å². The van der Waals surface area contributed by atoms with E-state index in [9.17, 15) is 4.91 Å². The van der Waals surface area contributed by atoms with Crippen LogP contribution in [0.25, 0.3) is 0 Å². The van der Waals surface area contributed by atoms with Gasteiger partial charge in [-0.25, -0.2) is 4.98 Å². The van der Waals surface area contributed by atoms with Gasteiger partial charge in [-0.15, -0.1) is 4.91 Å². The van der Waals surface area contributed by atoms with Gasteiger partial charge in [-0.1, -0.05) is 52.6 Å². The van der Waals surface area contributed by atoms with E-state index in [1.807, 2.05) is 37.3 Å². The van der Waals surface area contributed by atoms with Gasteiger partial charge in [0.2, 0.25) is 0 Å². The van der Waals surface area contributed by atoms with Crippen LogP contribution < -0.4 is 5.32 Å². The van der Waals surface area contributed by atoms with E-state index in [0.717, 1.165) is 16.9 Å². The van der Waals surface area contributed by atoms with Crippen LogP contribution in [0, 0.1) is 11.8 Å². The van der Waals surface area contributed by atoms with Gasteiger partial charge >= 0.3 is 0 Å². The molecule has 0 aliphatic carbocycles. The summed E-state index contributed by atoms with van der Waals surface area (Å²) in [5.74, 6) is 0. The first-order chi connectivity index (χ1) is 12.1. The van der Waals surface area contributed by atoms with Crippen LogP contribution in [0.5, 0.6) is 0 Å². The minimum atomic E-state index is -0.916. The van der Waals surface area contributed by atoms with Gasteiger partial charge in [0.05, 0.1) is 0 Å². The number of para-hydroxylation sites is 1. The molecule has 0 saturated carbocycles. The Morgan fingerprint density at radius 2 is 1.84 bits per heavy atom. The maximum absolute atomic E-state index is 11.4. The highest BCUT2D eigenvalue weighted by Gasteiger charge is 2.22. The summed E-state index contributed by atoms with van der Waals surface area (Å²) >= 11 is 12.4. The highest BCUT2D eigenvalue weighted by Crippen LogP contribution is 2.35. The molecule has 0 aliphatic rings. The summed E-state index contributed by atoms with van der Waals surface area (Å²) in [5.41, 5.74) is 3.70. The van der Waals surface area contributed by atoms with E-state index < -0.39 is 6.04 Å². The van der Waals surface area contributed by atoms with Gasteiger partial charge in [0.15, 0.2) is 11.2 Å². The van der Waals surface area contributed by atoms with Gasteiger partial charge in [-0.2, -0.15) is 0 Å². The van der Waals surface area contributed by atoms with Crippen LogP contribution in [0.4, 0.5) is 11.4 Å². The number of anilines is 2. The predicted molar refractivity (Wildman–Crippen MR) is 101 cm³/mol. The molecule has 5 nitrogen and oxygen atoms in total. The third kappa shape index (κ3) is 3.78. The normalized spacial score (nSPS) is 11.8. The number of halogens is 2. The molecule has 0 saturated heterocycles. The molecule has 1 heterocycles.